The van der Waals surface area contributed by atoms with E-state index in [1.807, 2.05) is 6.92 Å². The Morgan fingerprint density at radius 2 is 1.95 bits per heavy atom. The number of rotatable bonds is 5. The van der Waals surface area contributed by atoms with Gasteiger partial charge in [0.15, 0.2) is 0 Å². The van der Waals surface area contributed by atoms with E-state index in [1.165, 1.54) is 6.33 Å². The summed E-state index contributed by atoms with van der Waals surface area (Å²) in [6.07, 6.45) is 5.05. The highest BCUT2D eigenvalue weighted by Gasteiger charge is 2.15. The quantitative estimate of drug-likeness (QED) is 0.872. The van der Waals surface area contributed by atoms with Crippen LogP contribution in [0.15, 0.2) is 18.6 Å². The zero-order valence-electron chi connectivity index (χ0n) is 13.0. The Balaban J connectivity index is 2.61. The summed E-state index contributed by atoms with van der Waals surface area (Å²) in [5, 5.41) is 3.03. The highest BCUT2D eigenvalue weighted by molar-refractivity contribution is 7.92. The van der Waals surface area contributed by atoms with Crippen LogP contribution in [-0.4, -0.2) is 36.7 Å². The van der Waals surface area contributed by atoms with E-state index in [-0.39, 0.29) is 0 Å². The summed E-state index contributed by atoms with van der Waals surface area (Å²) < 4.78 is 25.4. The average Bonchev–Trinajstić information content (AvgIpc) is 2.47. The van der Waals surface area contributed by atoms with Gasteiger partial charge in [-0.1, -0.05) is 6.92 Å². The van der Waals surface area contributed by atoms with E-state index in [4.69, 9.17) is 0 Å². The molecule has 0 atom stereocenters. The molecule has 2 aromatic rings. The average molecular weight is 321 g/mol. The lowest BCUT2D eigenvalue weighted by Crippen LogP contribution is -2.11. The molecule has 2 N–H and O–H groups in total. The van der Waals surface area contributed by atoms with E-state index in [2.05, 4.69) is 25.0 Å². The lowest BCUT2D eigenvalue weighted by Gasteiger charge is -2.14. The van der Waals surface area contributed by atoms with E-state index in [0.29, 0.717) is 17.2 Å². The zero-order valence-corrected chi connectivity index (χ0v) is 13.8. The molecule has 118 valence electrons. The van der Waals surface area contributed by atoms with Crippen molar-refractivity contribution < 1.29 is 8.42 Å². The SMILES string of the molecule is CCc1ncnc(NC)c1-c1cnc(C)c(NS(C)(=O)=O)c1. The van der Waals surface area contributed by atoms with Gasteiger partial charge in [-0.2, -0.15) is 0 Å². The first-order valence-corrected chi connectivity index (χ1v) is 8.71. The van der Waals surface area contributed by atoms with Crippen LogP contribution < -0.4 is 10.0 Å². The molecule has 0 amide bonds. The Morgan fingerprint density at radius 3 is 2.55 bits per heavy atom. The minimum atomic E-state index is -3.37. The van der Waals surface area contributed by atoms with Gasteiger partial charge in [-0.05, 0) is 19.4 Å². The molecule has 2 aromatic heterocycles. The summed E-state index contributed by atoms with van der Waals surface area (Å²) in [5.41, 5.74) is 3.52. The maximum absolute atomic E-state index is 11.5. The van der Waals surface area contributed by atoms with Crippen LogP contribution in [-0.2, 0) is 16.4 Å². The summed E-state index contributed by atoms with van der Waals surface area (Å²) in [7, 11) is -1.59. The van der Waals surface area contributed by atoms with Crippen molar-refractivity contribution in [3.05, 3.63) is 30.0 Å². The van der Waals surface area contributed by atoms with Gasteiger partial charge in [0.05, 0.1) is 23.3 Å². The van der Waals surface area contributed by atoms with Crippen LogP contribution in [0.4, 0.5) is 11.5 Å². The van der Waals surface area contributed by atoms with Gasteiger partial charge in [0.2, 0.25) is 10.0 Å². The molecule has 0 aliphatic rings. The molecular formula is C14H19N5O2S. The molecule has 0 saturated heterocycles. The van der Waals surface area contributed by atoms with Crippen LogP contribution in [0.2, 0.25) is 0 Å². The molecule has 22 heavy (non-hydrogen) atoms. The summed E-state index contributed by atoms with van der Waals surface area (Å²) in [6, 6.07) is 1.75. The normalized spacial score (nSPS) is 11.3. The van der Waals surface area contributed by atoms with E-state index in [1.54, 1.807) is 26.2 Å². The first-order chi connectivity index (χ1) is 10.4. The third-order valence-corrected chi connectivity index (χ3v) is 3.76. The van der Waals surface area contributed by atoms with Crippen LogP contribution in [0.3, 0.4) is 0 Å². The van der Waals surface area contributed by atoms with Gasteiger partial charge in [-0.15, -0.1) is 0 Å². The number of hydrogen-bond acceptors (Lipinski definition) is 6. The van der Waals surface area contributed by atoms with Gasteiger partial charge in [0.1, 0.15) is 12.1 Å². The largest absolute Gasteiger partial charge is 0.373 e. The number of anilines is 2. The molecule has 7 nitrogen and oxygen atoms in total. The number of aromatic nitrogens is 3. The standard InChI is InChI=1S/C14H19N5O2S/c1-5-11-13(14(15-3)18-8-17-11)10-6-12(9(2)16-7-10)19-22(4,20)21/h6-8,19H,5H2,1-4H3,(H,15,17,18). The molecule has 0 aliphatic heterocycles. The molecule has 0 unspecified atom stereocenters. The first kappa shape index (κ1) is 16.2. The van der Waals surface area contributed by atoms with Crippen molar-refractivity contribution in [1.29, 1.82) is 0 Å². The minimum Gasteiger partial charge on any atom is -0.373 e. The highest BCUT2D eigenvalue weighted by Crippen LogP contribution is 2.31. The Hall–Kier alpha value is -2.22. The van der Waals surface area contributed by atoms with Crippen LogP contribution >= 0.6 is 0 Å². The molecule has 0 aliphatic carbocycles. The second-order valence-corrected chi connectivity index (χ2v) is 6.63. The zero-order chi connectivity index (χ0) is 16.3. The second kappa shape index (κ2) is 6.27. The predicted octanol–water partition coefficient (Wildman–Crippen LogP) is 1.82. The molecule has 0 aromatic carbocycles. The van der Waals surface area contributed by atoms with Crippen LogP contribution in [0.5, 0.6) is 0 Å². The lowest BCUT2D eigenvalue weighted by molar-refractivity contribution is 0.606. The van der Waals surface area contributed by atoms with Gasteiger partial charge in [-0.25, -0.2) is 18.4 Å². The molecule has 0 saturated carbocycles. The van der Waals surface area contributed by atoms with Gasteiger partial charge in [0.25, 0.3) is 0 Å². The number of aryl methyl sites for hydroxylation is 2. The number of nitrogens with one attached hydrogen (secondary N) is 2. The molecule has 0 fully saturated rings. The van der Waals surface area contributed by atoms with Crippen molar-refractivity contribution in [1.82, 2.24) is 15.0 Å². The summed E-state index contributed by atoms with van der Waals surface area (Å²) in [4.78, 5) is 12.8. The predicted molar refractivity (Wildman–Crippen MR) is 87.4 cm³/mol. The third-order valence-electron chi connectivity index (χ3n) is 3.17. The van der Waals surface area contributed by atoms with E-state index >= 15 is 0 Å². The lowest BCUT2D eigenvalue weighted by atomic mass is 10.0. The van der Waals surface area contributed by atoms with Crippen LogP contribution in [0, 0.1) is 6.92 Å². The van der Waals surface area contributed by atoms with Gasteiger partial charge < -0.3 is 5.32 Å². The van der Waals surface area contributed by atoms with Crippen LogP contribution in [0.1, 0.15) is 18.3 Å². The fourth-order valence-electron chi connectivity index (χ4n) is 2.16. The Morgan fingerprint density at radius 1 is 1.23 bits per heavy atom. The molecule has 2 rings (SSSR count). The van der Waals surface area contributed by atoms with E-state index < -0.39 is 10.0 Å². The van der Waals surface area contributed by atoms with Gasteiger partial charge in [0, 0.05) is 24.4 Å². The number of nitrogens with zero attached hydrogens (tertiary/aromatic N) is 3. The Labute approximate surface area is 130 Å². The van der Waals surface area contributed by atoms with E-state index in [0.717, 1.165) is 29.5 Å². The number of hydrogen-bond donors (Lipinski definition) is 2. The second-order valence-electron chi connectivity index (χ2n) is 4.88. The molecule has 0 radical (unpaired) electrons. The number of sulfonamides is 1. The molecule has 2 heterocycles. The highest BCUT2D eigenvalue weighted by atomic mass is 32.2. The van der Waals surface area contributed by atoms with Gasteiger partial charge >= 0.3 is 0 Å². The number of pyridine rings is 1. The maximum atomic E-state index is 11.5. The van der Waals surface area contributed by atoms with Crippen molar-refractivity contribution in [2.45, 2.75) is 20.3 Å². The fourth-order valence-corrected chi connectivity index (χ4v) is 2.76. The molecular weight excluding hydrogens is 302 g/mol. The van der Waals surface area contributed by atoms with Crippen LogP contribution in [0.25, 0.3) is 11.1 Å². The molecule has 0 bridgehead atoms. The van der Waals surface area contributed by atoms with Crippen molar-refractivity contribution in [3.63, 3.8) is 0 Å². The van der Waals surface area contributed by atoms with Crippen molar-refractivity contribution in [3.8, 4) is 11.1 Å². The third kappa shape index (κ3) is 3.51. The van der Waals surface area contributed by atoms with E-state index in [9.17, 15) is 8.42 Å². The first-order valence-electron chi connectivity index (χ1n) is 6.82. The Bertz CT molecular complexity index is 768. The van der Waals surface area contributed by atoms with Crippen molar-refractivity contribution in [2.75, 3.05) is 23.3 Å². The fraction of sp³-hybridized carbons (Fsp3) is 0.357. The smallest absolute Gasteiger partial charge is 0.229 e. The van der Waals surface area contributed by atoms with Crippen molar-refractivity contribution in [2.24, 2.45) is 0 Å². The molecule has 0 spiro atoms. The Kier molecular flexibility index (Phi) is 4.60. The summed E-state index contributed by atoms with van der Waals surface area (Å²) in [5.74, 6) is 0.683. The van der Waals surface area contributed by atoms with Gasteiger partial charge in [-0.3, -0.25) is 9.71 Å². The monoisotopic (exact) mass is 321 g/mol. The minimum absolute atomic E-state index is 0.452. The molecule has 8 heteroatoms. The maximum Gasteiger partial charge on any atom is 0.229 e. The topological polar surface area (TPSA) is 96.9 Å². The van der Waals surface area contributed by atoms with Crippen molar-refractivity contribution >= 4 is 21.5 Å². The summed E-state index contributed by atoms with van der Waals surface area (Å²) in [6.45, 7) is 3.75. The summed E-state index contributed by atoms with van der Waals surface area (Å²) >= 11 is 0.